The zero-order valence-electron chi connectivity index (χ0n) is 23.7. The van der Waals surface area contributed by atoms with Gasteiger partial charge in [0.05, 0.1) is 12.5 Å². The maximum atomic E-state index is 10.8. The minimum Gasteiger partial charge on any atom is -0.508 e. The SMILES string of the molecule is OC[C@@H]1O[C@@H](Oc2cc(O)cc([C@H]3c4cc(/C=C/c5cc(O)cc(O)c5)ccc4O[C@@H]3c3ccc(O)cc3)c2)[C@@H](O)[C@@H](O)[C@@H]1O. The second-order valence-electron chi connectivity index (χ2n) is 11.1. The Kier molecular flexibility index (Phi) is 8.28. The molecule has 0 aliphatic carbocycles. The van der Waals surface area contributed by atoms with Crippen LogP contribution in [-0.4, -0.2) is 78.2 Å². The van der Waals surface area contributed by atoms with E-state index >= 15 is 0 Å². The summed E-state index contributed by atoms with van der Waals surface area (Å²) < 4.78 is 17.7. The predicted octanol–water partition coefficient (Wildman–Crippen LogP) is 3.12. The average molecular weight is 617 g/mol. The van der Waals surface area contributed by atoms with Gasteiger partial charge in [-0.1, -0.05) is 30.4 Å². The Morgan fingerprint density at radius 1 is 0.644 bits per heavy atom. The van der Waals surface area contributed by atoms with Crippen molar-refractivity contribution in [3.8, 4) is 34.5 Å². The molecule has 1 saturated heterocycles. The summed E-state index contributed by atoms with van der Waals surface area (Å²) in [7, 11) is 0. The molecule has 0 unspecified atom stereocenters. The van der Waals surface area contributed by atoms with Crippen LogP contribution in [0.1, 0.15) is 39.8 Å². The number of ether oxygens (including phenoxy) is 3. The van der Waals surface area contributed by atoms with Crippen molar-refractivity contribution in [2.24, 2.45) is 0 Å². The molecule has 1 fully saturated rings. The number of benzene rings is 4. The molecule has 0 radical (unpaired) electrons. The van der Waals surface area contributed by atoms with Gasteiger partial charge in [-0.2, -0.15) is 0 Å². The van der Waals surface area contributed by atoms with E-state index < -0.39 is 49.3 Å². The molecule has 0 aromatic heterocycles. The van der Waals surface area contributed by atoms with Gasteiger partial charge in [0.15, 0.2) is 0 Å². The third-order valence-electron chi connectivity index (χ3n) is 7.91. The van der Waals surface area contributed by atoms with E-state index in [0.717, 1.165) is 16.7 Å². The van der Waals surface area contributed by atoms with Gasteiger partial charge in [-0.3, -0.25) is 0 Å². The number of phenols is 4. The molecule has 2 aliphatic rings. The fraction of sp³-hybridized carbons (Fsp3) is 0.235. The predicted molar refractivity (Wildman–Crippen MR) is 161 cm³/mol. The molecule has 8 N–H and O–H groups in total. The molecule has 0 amide bonds. The summed E-state index contributed by atoms with van der Waals surface area (Å²) >= 11 is 0. The van der Waals surface area contributed by atoms with Crippen molar-refractivity contribution in [3.63, 3.8) is 0 Å². The third kappa shape index (κ3) is 6.25. The molecule has 11 heteroatoms. The summed E-state index contributed by atoms with van der Waals surface area (Å²) in [5.74, 6) is -0.0312. The third-order valence-corrected chi connectivity index (χ3v) is 7.91. The number of phenolic OH excluding ortho intramolecular Hbond substituents is 4. The van der Waals surface area contributed by atoms with E-state index in [9.17, 15) is 40.9 Å². The van der Waals surface area contributed by atoms with Gasteiger partial charge in [-0.05, 0) is 70.8 Å². The first-order valence-corrected chi connectivity index (χ1v) is 14.2. The van der Waals surface area contributed by atoms with Crippen LogP contribution in [0, 0.1) is 0 Å². The summed E-state index contributed by atoms with van der Waals surface area (Å²) in [5.41, 5.74) is 3.48. The summed E-state index contributed by atoms with van der Waals surface area (Å²) in [6.07, 6.45) is -4.48. The molecule has 234 valence electrons. The lowest BCUT2D eigenvalue weighted by molar-refractivity contribution is -0.277. The number of aliphatic hydroxyl groups excluding tert-OH is 4. The van der Waals surface area contributed by atoms with E-state index in [1.165, 1.54) is 24.3 Å². The lowest BCUT2D eigenvalue weighted by Gasteiger charge is -2.39. The van der Waals surface area contributed by atoms with Gasteiger partial charge in [0.25, 0.3) is 0 Å². The van der Waals surface area contributed by atoms with Gasteiger partial charge < -0.3 is 55.1 Å². The molecule has 4 aromatic rings. The van der Waals surface area contributed by atoms with Crippen LogP contribution in [0.5, 0.6) is 34.5 Å². The van der Waals surface area contributed by atoms with Crippen LogP contribution in [0.2, 0.25) is 0 Å². The van der Waals surface area contributed by atoms with Crippen molar-refractivity contribution in [2.75, 3.05) is 6.61 Å². The van der Waals surface area contributed by atoms with E-state index in [0.29, 0.717) is 16.9 Å². The average Bonchev–Trinajstić information content (AvgIpc) is 3.39. The maximum absolute atomic E-state index is 10.8. The second-order valence-corrected chi connectivity index (χ2v) is 11.1. The van der Waals surface area contributed by atoms with Crippen LogP contribution in [0.4, 0.5) is 0 Å². The Labute approximate surface area is 257 Å². The summed E-state index contributed by atoms with van der Waals surface area (Å²) in [4.78, 5) is 0. The van der Waals surface area contributed by atoms with Gasteiger partial charge in [0.2, 0.25) is 6.29 Å². The topological polar surface area (TPSA) is 190 Å². The number of hydrogen-bond acceptors (Lipinski definition) is 11. The summed E-state index contributed by atoms with van der Waals surface area (Å²) in [6, 6.07) is 20.9. The Balaban J connectivity index is 1.37. The van der Waals surface area contributed by atoms with Gasteiger partial charge in [0.1, 0.15) is 65.0 Å². The number of rotatable bonds is 7. The molecular formula is C34H32O11. The standard InChI is InChI=1S/C34H32O11/c35-16-28-30(40)31(41)32(42)34(45-28)43-25-13-20(12-24(39)15-25)29-26-11-17(1-2-18-9-22(37)14-23(38)10-18)3-8-27(26)44-33(29)19-4-6-21(36)7-5-19/h1-15,28-42H,16H2/b2-1+/t28-,29-,30+,31-,32-,33+,34+/m0/s1. The van der Waals surface area contributed by atoms with E-state index in [1.807, 2.05) is 24.3 Å². The number of fused-ring (bicyclic) bond motifs is 1. The van der Waals surface area contributed by atoms with Gasteiger partial charge in [-0.25, -0.2) is 0 Å². The molecule has 6 rings (SSSR count). The fourth-order valence-electron chi connectivity index (χ4n) is 5.73. The van der Waals surface area contributed by atoms with Crippen LogP contribution < -0.4 is 9.47 Å². The Bertz CT molecular complexity index is 1680. The maximum Gasteiger partial charge on any atom is 0.229 e. The molecule has 7 atom stereocenters. The van der Waals surface area contributed by atoms with Crippen LogP contribution in [0.3, 0.4) is 0 Å². The Morgan fingerprint density at radius 3 is 2.04 bits per heavy atom. The van der Waals surface area contributed by atoms with Crippen LogP contribution >= 0.6 is 0 Å². The van der Waals surface area contributed by atoms with Gasteiger partial charge in [0, 0.05) is 17.7 Å². The van der Waals surface area contributed by atoms with Crippen molar-refractivity contribution in [2.45, 2.75) is 42.7 Å². The second kappa shape index (κ2) is 12.3. The van der Waals surface area contributed by atoms with Gasteiger partial charge in [-0.15, -0.1) is 0 Å². The summed E-state index contributed by atoms with van der Waals surface area (Å²) in [6.45, 7) is -0.621. The van der Waals surface area contributed by atoms with Crippen molar-refractivity contribution in [1.82, 2.24) is 0 Å². The minimum absolute atomic E-state index is 0.0700. The molecular weight excluding hydrogens is 584 g/mol. The lowest BCUT2D eigenvalue weighted by Crippen LogP contribution is -2.60. The minimum atomic E-state index is -1.64. The Hall–Kier alpha value is -4.78. The van der Waals surface area contributed by atoms with Gasteiger partial charge >= 0.3 is 0 Å². The number of hydrogen-bond donors (Lipinski definition) is 8. The fourth-order valence-corrected chi connectivity index (χ4v) is 5.73. The lowest BCUT2D eigenvalue weighted by atomic mass is 9.84. The largest absolute Gasteiger partial charge is 0.508 e. The molecule has 0 bridgehead atoms. The highest BCUT2D eigenvalue weighted by Gasteiger charge is 2.45. The molecule has 0 spiro atoms. The summed E-state index contributed by atoms with van der Waals surface area (Å²) in [5, 5.41) is 80.7. The highest BCUT2D eigenvalue weighted by atomic mass is 16.7. The van der Waals surface area contributed by atoms with E-state index in [2.05, 4.69) is 0 Å². The van der Waals surface area contributed by atoms with Crippen LogP contribution in [-0.2, 0) is 4.74 Å². The highest BCUT2D eigenvalue weighted by molar-refractivity contribution is 5.72. The van der Waals surface area contributed by atoms with Crippen LogP contribution in [0.15, 0.2) is 78.9 Å². The molecule has 2 aliphatic heterocycles. The normalized spacial score (nSPS) is 26.0. The highest BCUT2D eigenvalue weighted by Crippen LogP contribution is 2.51. The van der Waals surface area contributed by atoms with E-state index in [-0.39, 0.29) is 28.7 Å². The first-order chi connectivity index (χ1) is 21.6. The molecule has 11 nitrogen and oxygen atoms in total. The zero-order valence-corrected chi connectivity index (χ0v) is 23.7. The van der Waals surface area contributed by atoms with E-state index in [4.69, 9.17) is 14.2 Å². The smallest absolute Gasteiger partial charge is 0.229 e. The number of aromatic hydroxyl groups is 4. The first kappa shape index (κ1) is 30.3. The van der Waals surface area contributed by atoms with Crippen molar-refractivity contribution < 1.29 is 55.1 Å². The van der Waals surface area contributed by atoms with E-state index in [1.54, 1.807) is 42.5 Å². The quantitative estimate of drug-likeness (QED) is 0.142. The molecule has 4 aromatic carbocycles. The number of aliphatic hydroxyl groups is 4. The Morgan fingerprint density at radius 2 is 1.33 bits per heavy atom. The van der Waals surface area contributed by atoms with Crippen molar-refractivity contribution >= 4 is 12.2 Å². The van der Waals surface area contributed by atoms with Crippen LogP contribution in [0.25, 0.3) is 12.2 Å². The molecule has 2 heterocycles. The first-order valence-electron chi connectivity index (χ1n) is 14.2. The van der Waals surface area contributed by atoms with Crippen molar-refractivity contribution in [1.29, 1.82) is 0 Å². The van der Waals surface area contributed by atoms with Crippen molar-refractivity contribution in [3.05, 3.63) is 107 Å². The monoisotopic (exact) mass is 616 g/mol. The molecule has 45 heavy (non-hydrogen) atoms. The zero-order chi connectivity index (χ0) is 31.8. The molecule has 0 saturated carbocycles.